The molecule has 0 N–H and O–H groups in total. The molecule has 0 bridgehead atoms. The average Bonchev–Trinajstić information content (AvgIpc) is 2.92. The first-order valence-electron chi connectivity index (χ1n) is 11.6. The van der Waals surface area contributed by atoms with Crippen molar-refractivity contribution in [3.8, 4) is 0 Å². The molecule has 0 unspecified atom stereocenters. The Bertz CT molecular complexity index is 1570. The van der Waals surface area contributed by atoms with E-state index in [1.807, 2.05) is 0 Å². The molecule has 0 saturated heterocycles. The molecule has 0 saturated carbocycles. The molecule has 40 heavy (non-hydrogen) atoms. The van der Waals surface area contributed by atoms with Crippen LogP contribution < -0.4 is 0 Å². The maximum absolute atomic E-state index is 13.2. The van der Waals surface area contributed by atoms with E-state index in [2.05, 4.69) is 0 Å². The molecule has 0 aliphatic carbocycles. The number of rotatable bonds is 6. The fourth-order valence-electron chi connectivity index (χ4n) is 3.93. The third-order valence-corrected chi connectivity index (χ3v) is 7.46. The topological polar surface area (TPSA) is 86.7 Å². The predicted molar refractivity (Wildman–Crippen MR) is 153 cm³/mol. The summed E-state index contributed by atoms with van der Waals surface area (Å²) in [6.45, 7) is 3.49. The van der Waals surface area contributed by atoms with Crippen molar-refractivity contribution >= 4 is 69.9 Å². The zero-order chi connectivity index (χ0) is 29.1. The van der Waals surface area contributed by atoms with Crippen molar-refractivity contribution in [2.45, 2.75) is 13.8 Å². The third-order valence-electron chi connectivity index (χ3n) is 6.05. The predicted octanol–water partition coefficient (Wildman–Crippen LogP) is 8.31. The second-order valence-electron chi connectivity index (χ2n) is 8.60. The van der Waals surface area contributed by atoms with E-state index in [0.717, 1.165) is 0 Å². The van der Waals surface area contributed by atoms with E-state index in [-0.39, 0.29) is 42.3 Å². The standard InChI is InChI=1S/C30H18Cl4O6/c1-15-7-3-5-9-17(15)27(35)23-21(31)13-11-19(25(23)33)29(37)39-40-30(38)20-12-14-22(32)24(26(20)34)28(36)18-10-6-4-8-16(18)2/h3-14H,1-2H3. The number of hydrogen-bond acceptors (Lipinski definition) is 6. The number of halogens is 4. The van der Waals surface area contributed by atoms with E-state index < -0.39 is 23.5 Å². The van der Waals surface area contributed by atoms with Gasteiger partial charge in [-0.25, -0.2) is 19.4 Å². The molecule has 0 aromatic heterocycles. The number of hydrogen-bond donors (Lipinski definition) is 0. The van der Waals surface area contributed by atoms with Crippen molar-refractivity contribution in [1.82, 2.24) is 0 Å². The van der Waals surface area contributed by atoms with Gasteiger partial charge in [-0.3, -0.25) is 9.59 Å². The molecule has 0 aliphatic heterocycles. The normalized spacial score (nSPS) is 10.7. The van der Waals surface area contributed by atoms with E-state index in [9.17, 15) is 19.2 Å². The van der Waals surface area contributed by atoms with Crippen molar-refractivity contribution in [3.63, 3.8) is 0 Å². The van der Waals surface area contributed by atoms with Crippen LogP contribution in [0, 0.1) is 13.8 Å². The Kier molecular flexibility index (Phi) is 8.96. The van der Waals surface area contributed by atoms with Crippen molar-refractivity contribution < 1.29 is 29.0 Å². The number of carbonyl (C=O) groups excluding carboxylic acids is 4. The van der Waals surface area contributed by atoms with Crippen molar-refractivity contribution in [3.05, 3.63) is 137 Å². The smallest absolute Gasteiger partial charge is 0.288 e. The monoisotopic (exact) mass is 614 g/mol. The van der Waals surface area contributed by atoms with E-state index >= 15 is 0 Å². The molecule has 0 atom stereocenters. The van der Waals surface area contributed by atoms with Crippen LogP contribution in [0.1, 0.15) is 63.7 Å². The Labute approximate surface area is 249 Å². The molecule has 4 rings (SSSR count). The van der Waals surface area contributed by atoms with Crippen LogP contribution in [0.5, 0.6) is 0 Å². The van der Waals surface area contributed by atoms with Gasteiger partial charge in [0.2, 0.25) is 0 Å². The molecular formula is C30H18Cl4O6. The van der Waals surface area contributed by atoms with Crippen LogP contribution in [0.2, 0.25) is 20.1 Å². The molecule has 4 aromatic carbocycles. The maximum Gasteiger partial charge on any atom is 0.387 e. The summed E-state index contributed by atoms with van der Waals surface area (Å²) >= 11 is 25.3. The molecular weight excluding hydrogens is 598 g/mol. The molecule has 0 radical (unpaired) electrons. The summed E-state index contributed by atoms with van der Waals surface area (Å²) < 4.78 is 0. The fourth-order valence-corrected chi connectivity index (χ4v) is 5.17. The van der Waals surface area contributed by atoms with Gasteiger partial charge >= 0.3 is 11.9 Å². The van der Waals surface area contributed by atoms with Gasteiger partial charge < -0.3 is 0 Å². The second-order valence-corrected chi connectivity index (χ2v) is 10.2. The lowest BCUT2D eigenvalue weighted by molar-refractivity contribution is -0.187. The lowest BCUT2D eigenvalue weighted by atomic mass is 9.97. The molecule has 202 valence electrons. The average molecular weight is 616 g/mol. The highest BCUT2D eigenvalue weighted by atomic mass is 35.5. The van der Waals surface area contributed by atoms with E-state index in [0.29, 0.717) is 22.3 Å². The summed E-state index contributed by atoms with van der Waals surface area (Å²) in [7, 11) is 0. The van der Waals surface area contributed by atoms with Gasteiger partial charge in [0.25, 0.3) is 0 Å². The van der Waals surface area contributed by atoms with Crippen molar-refractivity contribution in [2.75, 3.05) is 0 Å². The van der Waals surface area contributed by atoms with Gasteiger partial charge in [0, 0.05) is 11.1 Å². The highest BCUT2D eigenvalue weighted by molar-refractivity contribution is 6.43. The molecule has 10 heteroatoms. The van der Waals surface area contributed by atoms with Crippen LogP contribution in [-0.4, -0.2) is 23.5 Å². The van der Waals surface area contributed by atoms with Crippen LogP contribution in [0.25, 0.3) is 0 Å². The van der Waals surface area contributed by atoms with E-state index in [1.54, 1.807) is 62.4 Å². The van der Waals surface area contributed by atoms with Gasteiger partial charge in [-0.2, -0.15) is 0 Å². The molecule has 0 spiro atoms. The molecule has 0 fully saturated rings. The Balaban J connectivity index is 1.57. The lowest BCUT2D eigenvalue weighted by Crippen LogP contribution is -2.15. The number of benzene rings is 4. The van der Waals surface area contributed by atoms with Crippen LogP contribution in [-0.2, 0) is 9.78 Å². The van der Waals surface area contributed by atoms with Gasteiger partial charge in [0.05, 0.1) is 42.3 Å². The summed E-state index contributed by atoms with van der Waals surface area (Å²) in [5, 5.41) is -0.522. The molecule has 4 aromatic rings. The minimum atomic E-state index is -1.17. The summed E-state index contributed by atoms with van der Waals surface area (Å²) in [6, 6.07) is 18.7. The van der Waals surface area contributed by atoms with Crippen molar-refractivity contribution in [2.24, 2.45) is 0 Å². The number of carbonyl (C=O) groups is 4. The zero-order valence-electron chi connectivity index (χ0n) is 20.9. The Morgan fingerprint density at radius 2 is 0.850 bits per heavy atom. The summed E-state index contributed by atoms with van der Waals surface area (Å²) in [5.41, 5.74) is 1.29. The minimum absolute atomic E-state index is 0.0191. The number of ketones is 2. The first-order valence-corrected chi connectivity index (χ1v) is 13.1. The van der Waals surface area contributed by atoms with Gasteiger partial charge in [0.1, 0.15) is 0 Å². The van der Waals surface area contributed by atoms with Crippen LogP contribution >= 0.6 is 46.4 Å². The Morgan fingerprint density at radius 1 is 0.500 bits per heavy atom. The molecule has 6 nitrogen and oxygen atoms in total. The molecule has 0 heterocycles. The van der Waals surface area contributed by atoms with Gasteiger partial charge in [-0.1, -0.05) is 94.9 Å². The fraction of sp³-hybridized carbons (Fsp3) is 0.0667. The van der Waals surface area contributed by atoms with Crippen LogP contribution in [0.4, 0.5) is 0 Å². The first-order chi connectivity index (χ1) is 19.0. The first kappa shape index (κ1) is 29.3. The minimum Gasteiger partial charge on any atom is -0.288 e. The van der Waals surface area contributed by atoms with Crippen LogP contribution in [0.15, 0.2) is 72.8 Å². The highest BCUT2D eigenvalue weighted by Gasteiger charge is 2.27. The second kappa shape index (κ2) is 12.2. The van der Waals surface area contributed by atoms with Gasteiger partial charge in [0.15, 0.2) is 11.6 Å². The van der Waals surface area contributed by atoms with Crippen molar-refractivity contribution in [1.29, 1.82) is 0 Å². The van der Waals surface area contributed by atoms with Gasteiger partial charge in [-0.05, 0) is 49.2 Å². The van der Waals surface area contributed by atoms with E-state index in [4.69, 9.17) is 56.2 Å². The lowest BCUT2D eigenvalue weighted by Gasteiger charge is -2.12. The molecule has 0 aliphatic rings. The SMILES string of the molecule is Cc1ccccc1C(=O)c1c(Cl)ccc(C(=O)OOC(=O)c2ccc(Cl)c(C(=O)c3ccccc3C)c2Cl)c1Cl. The third kappa shape index (κ3) is 5.76. The highest BCUT2D eigenvalue weighted by Crippen LogP contribution is 2.33. The number of aryl methyl sites for hydroxylation is 2. The summed E-state index contributed by atoms with van der Waals surface area (Å²) in [5.74, 6) is -3.35. The quantitative estimate of drug-likeness (QED) is 0.123. The Hall–Kier alpha value is -3.68. The summed E-state index contributed by atoms with van der Waals surface area (Å²) in [4.78, 5) is 61.3. The maximum atomic E-state index is 13.2. The van der Waals surface area contributed by atoms with Crippen LogP contribution in [0.3, 0.4) is 0 Å². The summed E-state index contributed by atoms with van der Waals surface area (Å²) in [6.07, 6.45) is 0. The largest absolute Gasteiger partial charge is 0.387 e. The zero-order valence-corrected chi connectivity index (χ0v) is 23.9. The Morgan fingerprint density at radius 3 is 1.20 bits per heavy atom. The molecule has 0 amide bonds. The van der Waals surface area contributed by atoms with E-state index in [1.165, 1.54) is 24.3 Å². The van der Waals surface area contributed by atoms with Gasteiger partial charge in [-0.15, -0.1) is 0 Å².